The lowest BCUT2D eigenvalue weighted by Crippen LogP contribution is -2.15. The van der Waals surface area contributed by atoms with Gasteiger partial charge in [-0.15, -0.1) is 11.3 Å². The van der Waals surface area contributed by atoms with Crippen LogP contribution in [0.4, 0.5) is 0 Å². The lowest BCUT2D eigenvalue weighted by atomic mass is 10.1. The lowest BCUT2D eigenvalue weighted by molar-refractivity contribution is 0.414. The Bertz CT molecular complexity index is 577. The van der Waals surface area contributed by atoms with E-state index in [-0.39, 0.29) is 0 Å². The normalized spacial score (nSPS) is 14.6. The fourth-order valence-corrected chi connectivity index (χ4v) is 3.74. The fourth-order valence-electron chi connectivity index (χ4n) is 2.09. The largest absolute Gasteiger partial charge is 0.497 e. The van der Waals surface area contributed by atoms with Gasteiger partial charge in [0.2, 0.25) is 0 Å². The quantitative estimate of drug-likeness (QED) is 0.870. The van der Waals surface area contributed by atoms with E-state index in [9.17, 15) is 0 Å². The monoisotopic (exact) mass is 337 g/mol. The Balaban J connectivity index is 1.94. The van der Waals surface area contributed by atoms with Crippen LogP contribution in [0.25, 0.3) is 10.4 Å². The van der Waals surface area contributed by atoms with Gasteiger partial charge in [-0.05, 0) is 69.5 Å². The zero-order valence-corrected chi connectivity index (χ0v) is 13.2. The molecule has 2 nitrogen and oxygen atoms in total. The highest BCUT2D eigenvalue weighted by Gasteiger charge is 2.21. The molecular formula is C15H16BrNOS. The molecule has 0 saturated heterocycles. The van der Waals surface area contributed by atoms with E-state index in [4.69, 9.17) is 4.74 Å². The number of ether oxygens (including phenoxy) is 1. The fraction of sp³-hybridized carbons (Fsp3) is 0.333. The third-order valence-corrected chi connectivity index (χ3v) is 5.20. The Hall–Kier alpha value is -0.840. The number of hydrogen-bond donors (Lipinski definition) is 1. The number of hydrogen-bond acceptors (Lipinski definition) is 3. The lowest BCUT2D eigenvalue weighted by Gasteiger charge is -2.12. The van der Waals surface area contributed by atoms with Crippen molar-refractivity contribution in [3.8, 4) is 16.2 Å². The van der Waals surface area contributed by atoms with Crippen molar-refractivity contribution in [1.29, 1.82) is 0 Å². The van der Waals surface area contributed by atoms with Crippen LogP contribution in [-0.4, -0.2) is 13.2 Å². The summed E-state index contributed by atoms with van der Waals surface area (Å²) in [5.74, 6) is 0.920. The van der Waals surface area contributed by atoms with Gasteiger partial charge < -0.3 is 10.1 Å². The second-order valence-electron chi connectivity index (χ2n) is 4.78. The molecule has 0 aliphatic heterocycles. The van der Waals surface area contributed by atoms with Crippen molar-refractivity contribution in [2.45, 2.75) is 25.4 Å². The van der Waals surface area contributed by atoms with E-state index in [1.807, 2.05) is 6.07 Å². The second-order valence-corrected chi connectivity index (χ2v) is 6.55. The maximum Gasteiger partial charge on any atom is 0.119 e. The van der Waals surface area contributed by atoms with Gasteiger partial charge in [-0.1, -0.05) is 0 Å². The Morgan fingerprint density at radius 3 is 2.84 bits per heavy atom. The molecule has 1 fully saturated rings. The summed E-state index contributed by atoms with van der Waals surface area (Å²) >= 11 is 5.39. The molecule has 0 unspecified atom stereocenters. The number of rotatable bonds is 5. The van der Waals surface area contributed by atoms with Crippen LogP contribution in [0.15, 0.2) is 34.1 Å². The molecule has 0 atom stereocenters. The standard InChI is InChI=1S/C15H16BrNOS/c1-18-12-4-5-13(15-14(16)6-7-19-15)10(8-12)9-17-11-2-3-11/h4-8,11,17H,2-3,9H2,1H3. The highest BCUT2D eigenvalue weighted by Crippen LogP contribution is 2.37. The second kappa shape index (κ2) is 5.65. The minimum absolute atomic E-state index is 0.714. The first-order chi connectivity index (χ1) is 9.28. The van der Waals surface area contributed by atoms with E-state index in [2.05, 4.69) is 44.8 Å². The minimum atomic E-state index is 0.714. The van der Waals surface area contributed by atoms with Gasteiger partial charge in [-0.25, -0.2) is 0 Å². The summed E-state index contributed by atoms with van der Waals surface area (Å²) in [5.41, 5.74) is 2.59. The van der Waals surface area contributed by atoms with Crippen LogP contribution < -0.4 is 10.1 Å². The van der Waals surface area contributed by atoms with E-state index in [0.29, 0.717) is 6.04 Å². The van der Waals surface area contributed by atoms with Crippen LogP contribution in [0, 0.1) is 0 Å². The highest BCUT2D eigenvalue weighted by molar-refractivity contribution is 9.10. The number of nitrogens with one attached hydrogen (secondary N) is 1. The Morgan fingerprint density at radius 1 is 1.37 bits per heavy atom. The van der Waals surface area contributed by atoms with Crippen LogP contribution in [-0.2, 0) is 6.54 Å². The predicted octanol–water partition coefficient (Wildman–Crippen LogP) is 4.44. The zero-order chi connectivity index (χ0) is 13.2. The smallest absolute Gasteiger partial charge is 0.119 e. The van der Waals surface area contributed by atoms with Crippen molar-refractivity contribution in [2.75, 3.05) is 7.11 Å². The van der Waals surface area contributed by atoms with Crippen LogP contribution in [0.5, 0.6) is 5.75 Å². The first-order valence-electron chi connectivity index (χ1n) is 6.41. The average Bonchev–Trinajstić information content (AvgIpc) is 3.17. The van der Waals surface area contributed by atoms with Gasteiger partial charge in [0.15, 0.2) is 0 Å². The molecule has 1 aliphatic carbocycles. The maximum atomic E-state index is 5.34. The molecule has 1 heterocycles. The third-order valence-electron chi connectivity index (χ3n) is 3.33. The molecule has 0 amide bonds. The Labute approximate surface area is 125 Å². The number of thiophene rings is 1. The molecule has 4 heteroatoms. The molecule has 1 N–H and O–H groups in total. The van der Waals surface area contributed by atoms with Crippen LogP contribution in [0.1, 0.15) is 18.4 Å². The topological polar surface area (TPSA) is 21.3 Å². The zero-order valence-electron chi connectivity index (χ0n) is 10.8. The summed E-state index contributed by atoms with van der Waals surface area (Å²) in [6.07, 6.45) is 2.62. The Morgan fingerprint density at radius 2 is 2.21 bits per heavy atom. The molecule has 2 aromatic rings. The van der Waals surface area contributed by atoms with E-state index in [1.165, 1.54) is 28.8 Å². The summed E-state index contributed by atoms with van der Waals surface area (Å²) in [6.45, 7) is 0.904. The minimum Gasteiger partial charge on any atom is -0.497 e. The van der Waals surface area contributed by atoms with Gasteiger partial charge >= 0.3 is 0 Å². The average molecular weight is 338 g/mol. The van der Waals surface area contributed by atoms with Crippen molar-refractivity contribution in [1.82, 2.24) is 5.32 Å². The molecular weight excluding hydrogens is 322 g/mol. The molecule has 1 saturated carbocycles. The first-order valence-corrected chi connectivity index (χ1v) is 8.09. The van der Waals surface area contributed by atoms with Crippen molar-refractivity contribution in [3.63, 3.8) is 0 Å². The summed E-state index contributed by atoms with van der Waals surface area (Å²) in [4.78, 5) is 1.29. The molecule has 19 heavy (non-hydrogen) atoms. The van der Waals surface area contributed by atoms with Gasteiger partial charge in [0.05, 0.1) is 7.11 Å². The van der Waals surface area contributed by atoms with Crippen molar-refractivity contribution in [3.05, 3.63) is 39.7 Å². The number of halogens is 1. The van der Waals surface area contributed by atoms with Crippen molar-refractivity contribution >= 4 is 27.3 Å². The molecule has 0 spiro atoms. The van der Waals surface area contributed by atoms with Crippen LogP contribution >= 0.6 is 27.3 Å². The van der Waals surface area contributed by atoms with Gasteiger partial charge in [-0.3, -0.25) is 0 Å². The third kappa shape index (κ3) is 3.02. The SMILES string of the molecule is COc1ccc(-c2sccc2Br)c(CNC2CC2)c1. The van der Waals surface area contributed by atoms with Gasteiger partial charge in [0.25, 0.3) is 0 Å². The van der Waals surface area contributed by atoms with Crippen molar-refractivity contribution in [2.24, 2.45) is 0 Å². The van der Waals surface area contributed by atoms with Gasteiger partial charge in [0.1, 0.15) is 5.75 Å². The maximum absolute atomic E-state index is 5.34. The van der Waals surface area contributed by atoms with Crippen LogP contribution in [0.3, 0.4) is 0 Å². The highest BCUT2D eigenvalue weighted by atomic mass is 79.9. The van der Waals surface area contributed by atoms with Crippen molar-refractivity contribution < 1.29 is 4.74 Å². The van der Waals surface area contributed by atoms with Crippen LogP contribution in [0.2, 0.25) is 0 Å². The molecule has 1 aromatic carbocycles. The van der Waals surface area contributed by atoms with E-state index < -0.39 is 0 Å². The summed E-state index contributed by atoms with van der Waals surface area (Å²) in [5, 5.41) is 5.69. The summed E-state index contributed by atoms with van der Waals surface area (Å²) in [7, 11) is 1.72. The van der Waals surface area contributed by atoms with E-state index >= 15 is 0 Å². The van der Waals surface area contributed by atoms with Gasteiger partial charge in [-0.2, -0.15) is 0 Å². The summed E-state index contributed by atoms with van der Waals surface area (Å²) < 4.78 is 6.51. The molecule has 1 aliphatic rings. The number of methoxy groups -OCH3 is 1. The molecule has 100 valence electrons. The Kier molecular flexibility index (Phi) is 3.91. The number of benzene rings is 1. The molecule has 1 aromatic heterocycles. The molecule has 0 radical (unpaired) electrons. The molecule has 0 bridgehead atoms. The van der Waals surface area contributed by atoms with E-state index in [0.717, 1.165) is 16.8 Å². The van der Waals surface area contributed by atoms with E-state index in [1.54, 1.807) is 18.4 Å². The van der Waals surface area contributed by atoms with Gasteiger partial charge in [0, 0.05) is 21.9 Å². The molecule has 3 rings (SSSR count). The predicted molar refractivity (Wildman–Crippen MR) is 83.9 cm³/mol. The first kappa shape index (κ1) is 13.2. The summed E-state index contributed by atoms with van der Waals surface area (Å²) in [6, 6.07) is 9.13.